The summed E-state index contributed by atoms with van der Waals surface area (Å²) in [5, 5.41) is 20.5. The third-order valence-electron chi connectivity index (χ3n) is 11.0. The largest absolute Gasteiger partial charge is 0.507 e. The van der Waals surface area contributed by atoms with E-state index in [-0.39, 0.29) is 11.8 Å². The summed E-state index contributed by atoms with van der Waals surface area (Å²) in [5.41, 5.74) is 4.46. The number of aromatic hydroxyl groups is 1. The number of rotatable bonds is 4. The number of H-pyrrole nitrogens is 1. The number of fused-ring (bicyclic) bond motifs is 3. The molecule has 0 saturated carbocycles. The van der Waals surface area contributed by atoms with E-state index in [9.17, 15) is 9.90 Å². The second-order valence-corrected chi connectivity index (χ2v) is 14.9. The van der Waals surface area contributed by atoms with E-state index < -0.39 is 5.60 Å². The molecule has 10 nitrogen and oxygen atoms in total. The maximum Gasteiger partial charge on any atom is 0.410 e. The van der Waals surface area contributed by atoms with Gasteiger partial charge in [-0.3, -0.25) is 4.90 Å². The number of phenols is 1. The zero-order chi connectivity index (χ0) is 32.0. The van der Waals surface area contributed by atoms with E-state index in [0.717, 1.165) is 49.9 Å². The van der Waals surface area contributed by atoms with Crippen LogP contribution >= 0.6 is 0 Å². The van der Waals surface area contributed by atoms with Gasteiger partial charge in [0, 0.05) is 66.9 Å². The number of aromatic amines is 1. The van der Waals surface area contributed by atoms with Crippen molar-refractivity contribution in [3.8, 4) is 17.0 Å². The number of benzene rings is 1. The van der Waals surface area contributed by atoms with Gasteiger partial charge in [-0.25, -0.2) is 4.79 Å². The molecule has 1 atom stereocenters. The van der Waals surface area contributed by atoms with Crippen molar-refractivity contribution in [2.75, 3.05) is 45.8 Å². The molecule has 10 heteroatoms. The third kappa shape index (κ3) is 6.36. The Morgan fingerprint density at radius 3 is 2.11 bits per heavy atom. The lowest BCUT2D eigenvalue weighted by Gasteiger charge is -2.47. The highest BCUT2D eigenvalue weighted by atomic mass is 16.6. The predicted octanol–water partition coefficient (Wildman–Crippen LogP) is 5.58. The lowest BCUT2D eigenvalue weighted by atomic mass is 9.91. The number of likely N-dealkylation sites (tertiary alicyclic amines) is 3. The fourth-order valence-electron chi connectivity index (χ4n) is 8.60. The van der Waals surface area contributed by atoms with Crippen molar-refractivity contribution in [3.05, 3.63) is 41.6 Å². The van der Waals surface area contributed by atoms with E-state index in [0.29, 0.717) is 35.4 Å². The molecular weight excluding hydrogens is 578 g/mol. The Morgan fingerprint density at radius 2 is 1.48 bits per heavy atom. The smallest absolute Gasteiger partial charge is 0.410 e. The van der Waals surface area contributed by atoms with E-state index in [1.54, 1.807) is 6.07 Å². The molecule has 248 valence electrons. The summed E-state index contributed by atoms with van der Waals surface area (Å²) >= 11 is 0. The lowest BCUT2D eigenvalue weighted by Crippen LogP contribution is -2.54. The zero-order valence-corrected chi connectivity index (χ0v) is 28.0. The van der Waals surface area contributed by atoms with Crippen LogP contribution in [-0.4, -0.2) is 116 Å². The minimum atomic E-state index is -0.438. The second kappa shape index (κ2) is 12.8. The van der Waals surface area contributed by atoms with E-state index in [1.807, 2.05) is 43.9 Å². The summed E-state index contributed by atoms with van der Waals surface area (Å²) in [6.07, 6.45) is 7.85. The van der Waals surface area contributed by atoms with Crippen molar-refractivity contribution in [3.63, 3.8) is 0 Å². The Bertz CT molecular complexity index is 1530. The van der Waals surface area contributed by atoms with Gasteiger partial charge in [-0.2, -0.15) is 0 Å². The molecule has 7 rings (SSSR count). The van der Waals surface area contributed by atoms with Gasteiger partial charge < -0.3 is 29.5 Å². The minimum absolute atomic E-state index is 0.165. The van der Waals surface area contributed by atoms with E-state index in [2.05, 4.69) is 42.9 Å². The van der Waals surface area contributed by atoms with Crippen LogP contribution in [0.4, 0.5) is 4.79 Å². The molecule has 6 heterocycles. The Hall–Kier alpha value is -3.21. The first-order chi connectivity index (χ1) is 22.1. The van der Waals surface area contributed by atoms with Gasteiger partial charge in [0.15, 0.2) is 5.65 Å². The van der Waals surface area contributed by atoms with Crippen molar-refractivity contribution in [1.82, 2.24) is 34.8 Å². The molecule has 4 aliphatic heterocycles. The number of piperidine rings is 3. The molecule has 3 saturated heterocycles. The van der Waals surface area contributed by atoms with E-state index in [1.165, 1.54) is 63.1 Å². The monoisotopic (exact) mass is 629 g/mol. The molecule has 1 amide bonds. The summed E-state index contributed by atoms with van der Waals surface area (Å²) in [4.78, 5) is 26.1. The minimum Gasteiger partial charge on any atom is -0.507 e. The number of para-hydroxylation sites is 1. The topological polar surface area (TPSA) is 101 Å². The normalized spacial score (nSPS) is 23.6. The SMILES string of the molecule is CC1c2c([nH]c3nnc(-c4ccccc4O)cc23)CCN1C1CCN(C2CCN(C3CCN(C(=O)OC(C)(C)C)CC3)CC2)CC1. The predicted molar refractivity (Wildman–Crippen MR) is 180 cm³/mol. The molecule has 0 bridgehead atoms. The molecule has 3 fully saturated rings. The molecule has 46 heavy (non-hydrogen) atoms. The van der Waals surface area contributed by atoms with E-state index in [4.69, 9.17) is 4.74 Å². The number of amides is 1. The molecule has 4 aliphatic rings. The van der Waals surface area contributed by atoms with Crippen LogP contribution in [0.2, 0.25) is 0 Å². The number of carbonyl (C=O) groups excluding carboxylic acids is 1. The van der Waals surface area contributed by atoms with Crippen molar-refractivity contribution in [1.29, 1.82) is 0 Å². The van der Waals surface area contributed by atoms with Gasteiger partial charge in [0.1, 0.15) is 11.4 Å². The van der Waals surface area contributed by atoms with Crippen LogP contribution in [0.1, 0.15) is 83.5 Å². The molecular formula is C36H51N7O3. The van der Waals surface area contributed by atoms with Gasteiger partial charge in [-0.1, -0.05) is 12.1 Å². The van der Waals surface area contributed by atoms with Crippen molar-refractivity contribution < 1.29 is 14.6 Å². The van der Waals surface area contributed by atoms with Crippen LogP contribution in [0.25, 0.3) is 22.3 Å². The molecule has 3 aromatic rings. The second-order valence-electron chi connectivity index (χ2n) is 14.9. The molecule has 2 aromatic heterocycles. The summed E-state index contributed by atoms with van der Waals surface area (Å²) in [5.74, 6) is 0.230. The van der Waals surface area contributed by atoms with Crippen molar-refractivity contribution in [2.45, 2.75) is 102 Å². The van der Waals surface area contributed by atoms with Crippen LogP contribution in [0.5, 0.6) is 5.75 Å². The number of carbonyl (C=O) groups is 1. The van der Waals surface area contributed by atoms with Gasteiger partial charge in [0.2, 0.25) is 0 Å². The zero-order valence-electron chi connectivity index (χ0n) is 28.0. The summed E-state index contributed by atoms with van der Waals surface area (Å²) in [7, 11) is 0. The Kier molecular flexibility index (Phi) is 8.71. The highest BCUT2D eigenvalue weighted by molar-refractivity contribution is 5.86. The van der Waals surface area contributed by atoms with Crippen LogP contribution in [0.15, 0.2) is 30.3 Å². The van der Waals surface area contributed by atoms with Crippen LogP contribution in [0.3, 0.4) is 0 Å². The Morgan fingerprint density at radius 1 is 0.870 bits per heavy atom. The molecule has 0 aliphatic carbocycles. The van der Waals surface area contributed by atoms with Gasteiger partial charge in [-0.05, 0) is 116 Å². The number of phenolic OH excluding ortho intramolecular Hbond substituents is 1. The standard InChI is InChI=1S/C36H51N7O3/c1-24-33-29-23-31(28-7-5-6-8-32(28)44)38-39-34(29)37-30(33)15-22-43(24)27-13-18-41(19-14-27)25-9-16-40(17-10-25)26-11-20-42(21-12-26)35(45)46-36(2,3)4/h5-8,23-27,44H,9-22H2,1-4H3,(H,37,39). The number of hydrogen-bond donors (Lipinski definition) is 2. The number of hydrogen-bond acceptors (Lipinski definition) is 8. The maximum atomic E-state index is 12.5. The molecule has 1 aromatic carbocycles. The highest BCUT2D eigenvalue weighted by Crippen LogP contribution is 2.39. The van der Waals surface area contributed by atoms with Crippen LogP contribution < -0.4 is 0 Å². The fraction of sp³-hybridized carbons (Fsp3) is 0.639. The first-order valence-corrected chi connectivity index (χ1v) is 17.5. The molecule has 2 N–H and O–H groups in total. The molecule has 0 spiro atoms. The third-order valence-corrected chi connectivity index (χ3v) is 11.0. The number of nitrogens with one attached hydrogen (secondary N) is 1. The summed E-state index contributed by atoms with van der Waals surface area (Å²) < 4.78 is 5.59. The van der Waals surface area contributed by atoms with Crippen molar-refractivity contribution >= 4 is 17.1 Å². The summed E-state index contributed by atoms with van der Waals surface area (Å²) in [6, 6.07) is 11.6. The van der Waals surface area contributed by atoms with Crippen LogP contribution in [0, 0.1) is 0 Å². The number of aromatic nitrogens is 3. The van der Waals surface area contributed by atoms with Crippen LogP contribution in [-0.2, 0) is 11.2 Å². The average molecular weight is 630 g/mol. The molecule has 0 radical (unpaired) electrons. The lowest BCUT2D eigenvalue weighted by molar-refractivity contribution is 0.00611. The van der Waals surface area contributed by atoms with Gasteiger partial charge >= 0.3 is 6.09 Å². The van der Waals surface area contributed by atoms with E-state index >= 15 is 0 Å². The molecule has 1 unspecified atom stereocenters. The quantitative estimate of drug-likeness (QED) is 0.386. The van der Waals surface area contributed by atoms with Crippen molar-refractivity contribution in [2.24, 2.45) is 0 Å². The first kappa shape index (κ1) is 31.4. The average Bonchev–Trinajstić information content (AvgIpc) is 3.43. The Labute approximate surface area is 273 Å². The van der Waals surface area contributed by atoms with Gasteiger partial charge in [0.25, 0.3) is 0 Å². The van der Waals surface area contributed by atoms with Gasteiger partial charge in [0.05, 0.1) is 5.69 Å². The summed E-state index contributed by atoms with van der Waals surface area (Å²) in [6.45, 7) is 15.5. The van der Waals surface area contributed by atoms with Gasteiger partial charge in [-0.15, -0.1) is 10.2 Å². The Balaban J connectivity index is 0.917. The maximum absolute atomic E-state index is 12.5. The first-order valence-electron chi connectivity index (χ1n) is 17.5. The highest BCUT2D eigenvalue weighted by Gasteiger charge is 2.37. The fourth-order valence-corrected chi connectivity index (χ4v) is 8.60. The number of ether oxygens (including phenoxy) is 1. The number of nitrogens with zero attached hydrogens (tertiary/aromatic N) is 6.